The quantitative estimate of drug-likeness (QED) is 0.180. The van der Waals surface area contributed by atoms with Crippen LogP contribution in [0.25, 0.3) is 48.8 Å². The number of nitrogens with zero attached hydrogens (tertiary/aromatic N) is 3. The Morgan fingerprint density at radius 2 is 1.20 bits per heavy atom. The van der Waals surface area contributed by atoms with E-state index < -0.39 is 0 Å². The van der Waals surface area contributed by atoms with Crippen LogP contribution in [-0.4, -0.2) is 37.1 Å². The van der Waals surface area contributed by atoms with Crippen LogP contribution in [0.3, 0.4) is 0 Å². The number of aromatic nitrogens is 3. The average molecular weight is 1060 g/mol. The zero-order valence-electron chi connectivity index (χ0n) is 43.6. The van der Waals surface area contributed by atoms with Crippen molar-refractivity contribution in [3.05, 3.63) is 168 Å². The largest absolute Gasteiger partial charge is 0.507 e. The van der Waals surface area contributed by atoms with Gasteiger partial charge in [0.25, 0.3) is 5.56 Å². The van der Waals surface area contributed by atoms with Crippen molar-refractivity contribution in [2.45, 2.75) is 113 Å². The normalized spacial score (nSPS) is 12.9. The lowest BCUT2D eigenvalue weighted by Gasteiger charge is -2.27. The number of halogens is 1. The van der Waals surface area contributed by atoms with Crippen LogP contribution in [0.4, 0.5) is 0 Å². The molecule has 1 aliphatic rings. The van der Waals surface area contributed by atoms with E-state index in [1.54, 1.807) is 34.3 Å². The third kappa shape index (κ3) is 12.8. The summed E-state index contributed by atoms with van der Waals surface area (Å²) in [6.45, 7) is 27.6. The molecule has 0 spiro atoms. The Hall–Kier alpha value is -5.88. The van der Waals surface area contributed by atoms with Crippen molar-refractivity contribution >= 4 is 72.1 Å². The molecule has 8 aromatic rings. The maximum atomic E-state index is 12.3. The summed E-state index contributed by atoms with van der Waals surface area (Å²) in [5.74, 6) is 1.21. The summed E-state index contributed by atoms with van der Waals surface area (Å²) in [4.78, 5) is 36.5. The van der Waals surface area contributed by atoms with E-state index in [2.05, 4.69) is 123 Å². The lowest BCUT2D eigenvalue weighted by atomic mass is 9.76. The number of rotatable bonds is 4. The van der Waals surface area contributed by atoms with Gasteiger partial charge in [0.05, 0.1) is 42.9 Å². The molecule has 0 radical (unpaired) electrons. The Bertz CT molecular complexity index is 3250. The van der Waals surface area contributed by atoms with Crippen LogP contribution in [-0.2, 0) is 34.5 Å². The fourth-order valence-electron chi connectivity index (χ4n) is 8.29. The third-order valence-electron chi connectivity index (χ3n) is 12.1. The Balaban J connectivity index is 0.000000159. The summed E-state index contributed by atoms with van der Waals surface area (Å²) in [6, 6.07) is 36.0. The molecule has 11 heteroatoms. The summed E-state index contributed by atoms with van der Waals surface area (Å²) in [6.07, 6.45) is 0.396. The number of allylic oxidation sites excluding steroid dienone is 1. The molecule has 0 aliphatic heterocycles. The zero-order valence-corrected chi connectivity index (χ0v) is 46.8. The van der Waals surface area contributed by atoms with Gasteiger partial charge in [0.15, 0.2) is 5.78 Å². The molecule has 0 atom stereocenters. The van der Waals surface area contributed by atoms with E-state index in [9.17, 15) is 19.8 Å². The summed E-state index contributed by atoms with van der Waals surface area (Å²) in [5.41, 5.74) is 9.42. The van der Waals surface area contributed by atoms with Crippen LogP contribution in [0.2, 0.25) is 0 Å². The highest BCUT2D eigenvalue weighted by Gasteiger charge is 2.33. The number of hydrogen-bond donors (Lipinski definition) is 2. The van der Waals surface area contributed by atoms with Gasteiger partial charge in [-0.05, 0) is 120 Å². The lowest BCUT2D eigenvalue weighted by Crippen LogP contribution is -2.29. The van der Waals surface area contributed by atoms with Crippen LogP contribution in [0, 0.1) is 5.41 Å². The number of aromatic hydroxyl groups is 1. The smallest absolute Gasteiger partial charge is 0.258 e. The number of fused-ring (bicyclic) bond motifs is 3. The van der Waals surface area contributed by atoms with Crippen molar-refractivity contribution in [1.82, 2.24) is 14.5 Å². The molecule has 9 rings (SSSR count). The Morgan fingerprint density at radius 1 is 0.648 bits per heavy atom. The Morgan fingerprint density at radius 3 is 1.73 bits per heavy atom. The van der Waals surface area contributed by atoms with Crippen LogP contribution in [0.15, 0.2) is 135 Å². The molecule has 372 valence electrons. The maximum absolute atomic E-state index is 12.3. The fraction of sp³-hybridized carbons (Fsp3) is 0.333. The summed E-state index contributed by atoms with van der Waals surface area (Å²) in [7, 11) is 1.74. The first-order chi connectivity index (χ1) is 33.2. The Labute approximate surface area is 436 Å². The Kier molecular flexibility index (Phi) is 16.8. The number of para-hydroxylation sites is 1. The van der Waals surface area contributed by atoms with E-state index in [1.165, 1.54) is 11.1 Å². The highest BCUT2D eigenvalue weighted by Crippen LogP contribution is 2.39. The topological polar surface area (TPSA) is 115 Å². The number of pyridine rings is 1. The van der Waals surface area contributed by atoms with Gasteiger partial charge in [0, 0.05) is 30.0 Å². The molecule has 0 saturated heterocycles. The van der Waals surface area contributed by atoms with Crippen molar-refractivity contribution in [2.24, 2.45) is 12.5 Å². The van der Waals surface area contributed by atoms with Gasteiger partial charge in [-0.15, -0.1) is 22.7 Å². The zero-order chi connectivity index (χ0) is 52.2. The number of aryl methyl sites for hydroxylation is 1. The number of benzene rings is 4. The van der Waals surface area contributed by atoms with Crippen LogP contribution in [0.5, 0.6) is 11.5 Å². The molecule has 0 fully saturated rings. The minimum absolute atomic E-state index is 0.0312. The molecule has 4 aromatic heterocycles. The predicted molar refractivity (Wildman–Crippen MR) is 303 cm³/mol. The average Bonchev–Trinajstić information content (AvgIpc) is 4.04. The predicted octanol–water partition coefficient (Wildman–Crippen LogP) is 16.2. The van der Waals surface area contributed by atoms with E-state index in [4.69, 9.17) is 14.7 Å². The van der Waals surface area contributed by atoms with Gasteiger partial charge in [-0.25, -0.2) is 9.97 Å². The molecule has 0 amide bonds. The van der Waals surface area contributed by atoms with E-state index >= 15 is 0 Å². The molecule has 4 aromatic carbocycles. The third-order valence-corrected chi connectivity index (χ3v) is 14.4. The maximum Gasteiger partial charge on any atom is 0.258 e. The first-order valence-electron chi connectivity index (χ1n) is 23.9. The molecule has 0 unspecified atom stereocenters. The van der Waals surface area contributed by atoms with Gasteiger partial charge in [-0.1, -0.05) is 144 Å². The first-order valence-corrected chi connectivity index (χ1v) is 26.5. The number of thiophene rings is 2. The first kappa shape index (κ1) is 54.5. The fourth-order valence-corrected chi connectivity index (χ4v) is 10.2. The number of aliphatic hydroxyl groups excluding tert-OH is 1. The van der Waals surface area contributed by atoms with Gasteiger partial charge in [0.1, 0.15) is 28.6 Å². The standard InChI is InChI=1S/C20H18N2S2.C14H17NO2.C14H16O2.C12H17BrO/c1-20(2,3)13-8-9-14-15(12-13)22-19(17-7-5-11-24-17)18(21-14)16-6-4-10-23-16;1-14(2,3)11-12(16)9-7-5-6-8-10(9)15(4)13(11)17;1-14(2,3)12-11(15)8-9-6-4-5-7-10(9)13(12)16;1-5-14-11-7-6-9(8-10(11)13)12(2,3)4/h4-12H,1-3H3;5-8,16H,1-4H3;4-7,16H,8H2,1-3H3;6-8H,5H2,1-4H3. The number of aliphatic hydroxyl groups is 1. The second-order valence-corrected chi connectivity index (χ2v) is 24.5. The van der Waals surface area contributed by atoms with Crippen LogP contribution < -0.4 is 10.3 Å². The molecule has 8 nitrogen and oxygen atoms in total. The van der Waals surface area contributed by atoms with Crippen molar-refractivity contribution in [3.8, 4) is 32.6 Å². The van der Waals surface area contributed by atoms with Gasteiger partial charge in [-0.2, -0.15) is 0 Å². The van der Waals surface area contributed by atoms with E-state index in [0.29, 0.717) is 24.2 Å². The molecular formula is C60H68BrN3O5S2. The highest BCUT2D eigenvalue weighted by molar-refractivity contribution is 9.10. The monoisotopic (exact) mass is 1050 g/mol. The molecule has 0 saturated carbocycles. The number of Topliss-reactive ketones (excluding diaryl/α,β-unsaturated/α-hetero) is 1. The van der Waals surface area contributed by atoms with Crippen molar-refractivity contribution < 1.29 is 19.7 Å². The summed E-state index contributed by atoms with van der Waals surface area (Å²) >= 11 is 6.93. The second kappa shape index (κ2) is 21.9. The van der Waals surface area contributed by atoms with Gasteiger partial charge in [-0.3, -0.25) is 9.59 Å². The molecule has 2 N–H and O–H groups in total. The minimum atomic E-state index is -0.372. The van der Waals surface area contributed by atoms with E-state index in [-0.39, 0.29) is 44.5 Å². The van der Waals surface area contributed by atoms with Crippen molar-refractivity contribution in [2.75, 3.05) is 6.61 Å². The van der Waals surface area contributed by atoms with Crippen LogP contribution in [0.1, 0.15) is 118 Å². The molecule has 1 aliphatic carbocycles. The molecule has 71 heavy (non-hydrogen) atoms. The highest BCUT2D eigenvalue weighted by atomic mass is 79.9. The molecule has 4 heterocycles. The van der Waals surface area contributed by atoms with E-state index in [1.807, 2.05) is 103 Å². The molecular weight excluding hydrogens is 987 g/mol. The van der Waals surface area contributed by atoms with Crippen molar-refractivity contribution in [1.29, 1.82) is 0 Å². The number of ketones is 1. The summed E-state index contributed by atoms with van der Waals surface area (Å²) in [5, 5.41) is 25.4. The second-order valence-electron chi connectivity index (χ2n) is 21.7. The van der Waals surface area contributed by atoms with Gasteiger partial charge >= 0.3 is 0 Å². The summed E-state index contributed by atoms with van der Waals surface area (Å²) < 4.78 is 8.08. The van der Waals surface area contributed by atoms with Crippen molar-refractivity contribution in [3.63, 3.8) is 0 Å². The number of hydrogen-bond acceptors (Lipinski definition) is 9. The molecule has 0 bridgehead atoms. The van der Waals surface area contributed by atoms with E-state index in [0.717, 1.165) is 64.4 Å². The van der Waals surface area contributed by atoms with Gasteiger partial charge in [0.2, 0.25) is 0 Å². The number of carbonyl (C=O) groups is 1. The van der Waals surface area contributed by atoms with Gasteiger partial charge < -0.3 is 19.5 Å². The minimum Gasteiger partial charge on any atom is -0.507 e. The number of ether oxygens (including phenoxy) is 1. The number of carbonyl (C=O) groups excluding carboxylic acids is 1. The SMILES string of the molecule is CC(C)(C)C1=C(O)c2ccccc2CC1=O.CC(C)(C)c1ccc2nc(-c3cccs3)c(-c3cccs3)nc2c1.CCOc1ccc(C(C)(C)C)cc1Br.Cn1c(=O)c(C(C)(C)C)c(O)c2ccccc21. The lowest BCUT2D eigenvalue weighted by molar-refractivity contribution is -0.116. The van der Waals surface area contributed by atoms with Crippen LogP contribution >= 0.6 is 38.6 Å².